The summed E-state index contributed by atoms with van der Waals surface area (Å²) in [6, 6.07) is 12.0. The molecule has 0 aliphatic carbocycles. The van der Waals surface area contributed by atoms with Crippen molar-refractivity contribution in [2.45, 2.75) is 21.6 Å². The topological polar surface area (TPSA) is 58.6 Å². The van der Waals surface area contributed by atoms with Crippen molar-refractivity contribution in [3.63, 3.8) is 0 Å². The number of hydrogen-bond donors (Lipinski definition) is 2. The predicted octanol–water partition coefficient (Wildman–Crippen LogP) is 4.18. The summed E-state index contributed by atoms with van der Waals surface area (Å²) in [5.41, 5.74) is 6.53. The average molecular weight is 322 g/mol. The van der Waals surface area contributed by atoms with Gasteiger partial charge in [0.05, 0.1) is 0 Å². The predicted molar refractivity (Wildman–Crippen MR) is 85.9 cm³/mol. The van der Waals surface area contributed by atoms with Gasteiger partial charge in [-0.15, -0.1) is 11.8 Å². The maximum absolute atomic E-state index is 13.0. The molecule has 0 spiro atoms. The van der Waals surface area contributed by atoms with Gasteiger partial charge in [-0.2, -0.15) is 0 Å². The molecule has 21 heavy (non-hydrogen) atoms. The number of rotatable bonds is 5. The van der Waals surface area contributed by atoms with Gasteiger partial charge in [0, 0.05) is 20.2 Å². The molecule has 110 valence electrons. The molecule has 0 radical (unpaired) electrons. The van der Waals surface area contributed by atoms with Crippen molar-refractivity contribution in [1.82, 2.24) is 0 Å². The highest BCUT2D eigenvalue weighted by Gasteiger charge is 2.14. The Morgan fingerprint density at radius 3 is 2.48 bits per heavy atom. The fourth-order valence-electron chi connectivity index (χ4n) is 1.80. The van der Waals surface area contributed by atoms with E-state index in [0.29, 0.717) is 5.56 Å². The van der Waals surface area contributed by atoms with Gasteiger partial charge in [-0.05, 0) is 42.2 Å². The van der Waals surface area contributed by atoms with E-state index in [2.05, 4.69) is 5.16 Å². The largest absolute Gasteiger partial charge is 0.409 e. The lowest BCUT2D eigenvalue weighted by atomic mass is 10.2. The zero-order valence-corrected chi connectivity index (χ0v) is 13.0. The molecule has 0 bridgehead atoms. The molecular formula is C15H15FN2OS2. The van der Waals surface area contributed by atoms with Gasteiger partial charge >= 0.3 is 0 Å². The average Bonchev–Trinajstić information content (AvgIpc) is 2.49. The quantitative estimate of drug-likeness (QED) is 0.285. The monoisotopic (exact) mass is 322 g/mol. The Morgan fingerprint density at radius 2 is 1.86 bits per heavy atom. The third-order valence-electron chi connectivity index (χ3n) is 2.69. The van der Waals surface area contributed by atoms with Crippen LogP contribution in [0.15, 0.2) is 62.3 Å². The molecule has 3 N–H and O–H groups in total. The van der Waals surface area contributed by atoms with E-state index in [-0.39, 0.29) is 11.7 Å². The first-order valence-electron chi connectivity index (χ1n) is 6.32. The highest BCUT2D eigenvalue weighted by molar-refractivity contribution is 8.00. The molecule has 0 aliphatic rings. The van der Waals surface area contributed by atoms with Crippen LogP contribution in [-0.2, 0) is 0 Å². The second-order valence-electron chi connectivity index (χ2n) is 4.10. The van der Waals surface area contributed by atoms with Gasteiger partial charge < -0.3 is 10.9 Å². The number of nitrogens with two attached hydrogens (primary N) is 1. The lowest BCUT2D eigenvalue weighted by molar-refractivity contribution is 0.318. The van der Waals surface area contributed by atoms with Crippen LogP contribution in [0.3, 0.4) is 0 Å². The number of hydrogen-bond acceptors (Lipinski definition) is 4. The van der Waals surface area contributed by atoms with Gasteiger partial charge in [0.15, 0.2) is 5.84 Å². The molecule has 0 saturated heterocycles. The van der Waals surface area contributed by atoms with E-state index < -0.39 is 0 Å². The SMILES string of the molecule is CCSc1cccc(Sc2ccc(F)cc2)c1/C(N)=N/O. The molecule has 0 aliphatic heterocycles. The van der Waals surface area contributed by atoms with Crippen LogP contribution < -0.4 is 5.73 Å². The Bertz CT molecular complexity index is 645. The third-order valence-corrected chi connectivity index (χ3v) is 4.70. The van der Waals surface area contributed by atoms with Crippen LogP contribution in [-0.4, -0.2) is 16.8 Å². The van der Waals surface area contributed by atoms with Gasteiger partial charge in [-0.1, -0.05) is 29.9 Å². The van der Waals surface area contributed by atoms with Crippen molar-refractivity contribution in [3.05, 3.63) is 53.8 Å². The Morgan fingerprint density at radius 1 is 1.19 bits per heavy atom. The standard InChI is InChI=1S/C15H15FN2OS2/c1-2-20-12-4-3-5-13(14(12)15(17)18-19)21-11-8-6-10(16)7-9-11/h3-9,19H,2H2,1H3,(H2,17,18). The van der Waals surface area contributed by atoms with Crippen molar-refractivity contribution in [2.75, 3.05) is 5.75 Å². The first-order valence-corrected chi connectivity index (χ1v) is 8.13. The highest BCUT2D eigenvalue weighted by atomic mass is 32.2. The van der Waals surface area contributed by atoms with E-state index in [4.69, 9.17) is 10.9 Å². The third kappa shape index (κ3) is 3.92. The second kappa shape index (κ2) is 7.38. The van der Waals surface area contributed by atoms with Crippen molar-refractivity contribution in [1.29, 1.82) is 0 Å². The molecule has 0 aromatic heterocycles. The van der Waals surface area contributed by atoms with Crippen molar-refractivity contribution < 1.29 is 9.60 Å². The number of benzene rings is 2. The van der Waals surface area contributed by atoms with E-state index in [0.717, 1.165) is 20.4 Å². The highest BCUT2D eigenvalue weighted by Crippen LogP contribution is 2.35. The zero-order chi connectivity index (χ0) is 15.2. The molecule has 0 unspecified atom stereocenters. The Kier molecular flexibility index (Phi) is 5.52. The molecule has 3 nitrogen and oxygen atoms in total. The Balaban J connectivity index is 2.42. The second-order valence-corrected chi connectivity index (χ2v) is 6.52. The fraction of sp³-hybridized carbons (Fsp3) is 0.133. The number of amidine groups is 1. The number of oxime groups is 1. The summed E-state index contributed by atoms with van der Waals surface area (Å²) >= 11 is 3.08. The summed E-state index contributed by atoms with van der Waals surface area (Å²) in [4.78, 5) is 2.72. The van der Waals surface area contributed by atoms with Crippen molar-refractivity contribution in [3.8, 4) is 0 Å². The minimum Gasteiger partial charge on any atom is -0.409 e. The van der Waals surface area contributed by atoms with Gasteiger partial charge in [-0.3, -0.25) is 0 Å². The van der Waals surface area contributed by atoms with Crippen LogP contribution in [0.1, 0.15) is 12.5 Å². The summed E-state index contributed by atoms with van der Waals surface area (Å²) in [5, 5.41) is 12.1. The van der Waals surface area contributed by atoms with Crippen LogP contribution in [0.5, 0.6) is 0 Å². The van der Waals surface area contributed by atoms with Crippen LogP contribution in [0.25, 0.3) is 0 Å². The van der Waals surface area contributed by atoms with E-state index in [1.54, 1.807) is 23.9 Å². The van der Waals surface area contributed by atoms with E-state index in [1.165, 1.54) is 23.9 Å². The smallest absolute Gasteiger partial charge is 0.172 e. The lowest BCUT2D eigenvalue weighted by Gasteiger charge is -2.12. The molecule has 0 atom stereocenters. The molecule has 0 amide bonds. The van der Waals surface area contributed by atoms with Crippen LogP contribution in [0.2, 0.25) is 0 Å². The fourth-order valence-corrected chi connectivity index (χ4v) is 3.70. The normalized spacial score (nSPS) is 11.6. The summed E-state index contributed by atoms with van der Waals surface area (Å²) in [6.45, 7) is 2.04. The summed E-state index contributed by atoms with van der Waals surface area (Å²) < 4.78 is 13.0. The Labute approximate surface area is 131 Å². The first kappa shape index (κ1) is 15.7. The van der Waals surface area contributed by atoms with Gasteiger partial charge in [0.2, 0.25) is 0 Å². The van der Waals surface area contributed by atoms with Gasteiger partial charge in [0.25, 0.3) is 0 Å². The number of halogens is 1. The summed E-state index contributed by atoms with van der Waals surface area (Å²) in [6.07, 6.45) is 0. The molecule has 2 aromatic rings. The first-order chi connectivity index (χ1) is 10.2. The summed E-state index contributed by atoms with van der Waals surface area (Å²) in [5.74, 6) is 0.693. The minimum atomic E-state index is -0.272. The van der Waals surface area contributed by atoms with E-state index in [1.807, 2.05) is 25.1 Å². The lowest BCUT2D eigenvalue weighted by Crippen LogP contribution is -2.15. The van der Waals surface area contributed by atoms with E-state index >= 15 is 0 Å². The zero-order valence-electron chi connectivity index (χ0n) is 11.4. The molecule has 0 fully saturated rings. The van der Waals surface area contributed by atoms with Crippen LogP contribution >= 0.6 is 23.5 Å². The Hall–Kier alpha value is -1.66. The number of nitrogens with zero attached hydrogens (tertiary/aromatic N) is 1. The molecule has 2 aromatic carbocycles. The molecule has 6 heteroatoms. The minimum absolute atomic E-state index is 0.0798. The molecule has 0 heterocycles. The van der Waals surface area contributed by atoms with Crippen LogP contribution in [0.4, 0.5) is 4.39 Å². The maximum atomic E-state index is 13.0. The van der Waals surface area contributed by atoms with Crippen molar-refractivity contribution in [2.24, 2.45) is 10.9 Å². The van der Waals surface area contributed by atoms with Gasteiger partial charge in [-0.25, -0.2) is 4.39 Å². The van der Waals surface area contributed by atoms with Crippen LogP contribution in [0, 0.1) is 5.82 Å². The molecular weight excluding hydrogens is 307 g/mol. The van der Waals surface area contributed by atoms with Gasteiger partial charge in [0.1, 0.15) is 5.82 Å². The maximum Gasteiger partial charge on any atom is 0.172 e. The molecule has 2 rings (SSSR count). The summed E-state index contributed by atoms with van der Waals surface area (Å²) in [7, 11) is 0. The van der Waals surface area contributed by atoms with Crippen molar-refractivity contribution >= 4 is 29.4 Å². The van der Waals surface area contributed by atoms with E-state index in [9.17, 15) is 4.39 Å². The molecule has 0 saturated carbocycles. The number of thioether (sulfide) groups is 1.